The van der Waals surface area contributed by atoms with E-state index in [-0.39, 0.29) is 0 Å². The highest BCUT2D eigenvalue weighted by atomic mass is 31.2. The number of hydrogen-bond donors (Lipinski definition) is 0. The van der Waals surface area contributed by atoms with Crippen LogP contribution in [0.25, 0.3) is 0 Å². The van der Waals surface area contributed by atoms with E-state index in [0.717, 1.165) is 5.66 Å². The summed E-state index contributed by atoms with van der Waals surface area (Å²) >= 11 is 0. The molecular weight excluding hydrogens is 235 g/mol. The summed E-state index contributed by atoms with van der Waals surface area (Å²) in [5, 5.41) is 0. The van der Waals surface area contributed by atoms with Crippen LogP contribution >= 0.6 is 6.89 Å². The average Bonchev–Trinajstić information content (AvgIpc) is 3.00. The van der Waals surface area contributed by atoms with Crippen molar-refractivity contribution >= 4 is 12.7 Å². The van der Waals surface area contributed by atoms with E-state index in [9.17, 15) is 0 Å². The predicted molar refractivity (Wildman–Crippen MR) is 87.5 cm³/mol. The highest BCUT2D eigenvalue weighted by Gasteiger charge is 2.47. The lowest BCUT2D eigenvalue weighted by Crippen LogP contribution is -1.86. The van der Waals surface area contributed by atoms with Crippen LogP contribution in [0.1, 0.15) is 72.1 Å². The Labute approximate surface area is 114 Å². The van der Waals surface area contributed by atoms with E-state index in [1.54, 1.807) is 23.5 Å². The fourth-order valence-electron chi connectivity index (χ4n) is 3.54. The molecule has 0 radical (unpaired) electrons. The van der Waals surface area contributed by atoms with Crippen LogP contribution in [-0.4, -0.2) is 23.8 Å². The molecule has 0 nitrogen and oxygen atoms in total. The van der Waals surface area contributed by atoms with Gasteiger partial charge in [-0.15, -0.1) is 0 Å². The molecule has 0 aliphatic carbocycles. The lowest BCUT2D eigenvalue weighted by Gasteiger charge is -2.05. The summed E-state index contributed by atoms with van der Waals surface area (Å²) in [5.41, 5.74) is 4.43. The van der Waals surface area contributed by atoms with Gasteiger partial charge in [0.1, 0.15) is 0 Å². The molecule has 1 saturated heterocycles. The van der Waals surface area contributed by atoms with Crippen molar-refractivity contribution in [3.63, 3.8) is 0 Å². The predicted octanol–water partition coefficient (Wildman–Crippen LogP) is 5.68. The summed E-state index contributed by atoms with van der Waals surface area (Å²) in [6, 6.07) is 0. The van der Waals surface area contributed by atoms with Gasteiger partial charge in [-0.2, -0.15) is 0 Å². The second-order valence-corrected chi connectivity index (χ2v) is 10.4. The Morgan fingerprint density at radius 3 is 2.17 bits per heavy atom. The molecule has 0 N–H and O–H groups in total. The third-order valence-corrected chi connectivity index (χ3v) is 9.44. The second-order valence-electron chi connectivity index (χ2n) is 6.49. The molecule has 0 aromatic rings. The van der Waals surface area contributed by atoms with Gasteiger partial charge < -0.3 is 0 Å². The van der Waals surface area contributed by atoms with Crippen molar-refractivity contribution in [2.75, 3.05) is 12.3 Å². The normalized spacial score (nSPS) is 29.4. The minimum atomic E-state index is -0.531. The Morgan fingerprint density at radius 1 is 1.00 bits per heavy atom. The van der Waals surface area contributed by atoms with Crippen LogP contribution in [0.2, 0.25) is 0 Å². The van der Waals surface area contributed by atoms with E-state index in [1.165, 1.54) is 51.4 Å². The van der Waals surface area contributed by atoms with Crippen LogP contribution in [0.5, 0.6) is 0 Å². The minimum absolute atomic E-state index is 0.531. The molecule has 0 amide bonds. The van der Waals surface area contributed by atoms with Gasteiger partial charge in [0, 0.05) is 5.66 Å². The Hall–Kier alpha value is 0.0400. The molecule has 1 heteroatoms. The third kappa shape index (κ3) is 3.32. The first-order chi connectivity index (χ1) is 8.69. The first-order valence-corrected chi connectivity index (χ1v) is 10.4. The van der Waals surface area contributed by atoms with Crippen molar-refractivity contribution in [3.05, 3.63) is 11.1 Å². The highest BCUT2D eigenvalue weighted by molar-refractivity contribution is 7.83. The lowest BCUT2D eigenvalue weighted by molar-refractivity contribution is 0.586. The van der Waals surface area contributed by atoms with E-state index >= 15 is 0 Å². The zero-order valence-electron chi connectivity index (χ0n) is 12.7. The van der Waals surface area contributed by atoms with Gasteiger partial charge in [-0.05, 0) is 32.6 Å². The first kappa shape index (κ1) is 14.4. The van der Waals surface area contributed by atoms with Crippen LogP contribution in [0, 0.1) is 0 Å². The zero-order chi connectivity index (χ0) is 13.0. The topological polar surface area (TPSA) is 0 Å². The summed E-state index contributed by atoms with van der Waals surface area (Å²) in [5.74, 6) is 2.70. The smallest absolute Gasteiger partial charge is 0.00420 e. The molecule has 0 spiro atoms. The summed E-state index contributed by atoms with van der Waals surface area (Å²) in [4.78, 5) is 0. The van der Waals surface area contributed by atoms with Crippen molar-refractivity contribution in [3.8, 4) is 0 Å². The number of unbranched alkanes of at least 4 members (excludes halogenated alkanes) is 7. The van der Waals surface area contributed by atoms with Gasteiger partial charge in [0.05, 0.1) is 0 Å². The van der Waals surface area contributed by atoms with Crippen molar-refractivity contribution in [2.45, 2.75) is 77.8 Å². The van der Waals surface area contributed by atoms with Gasteiger partial charge in [0.25, 0.3) is 0 Å². The van der Waals surface area contributed by atoms with Crippen molar-refractivity contribution in [1.82, 2.24) is 0 Å². The largest absolute Gasteiger partial charge is 0.0964 e. The van der Waals surface area contributed by atoms with Crippen LogP contribution in [0.15, 0.2) is 11.1 Å². The van der Waals surface area contributed by atoms with Gasteiger partial charge in [-0.1, -0.05) is 75.7 Å². The number of hydrogen-bond acceptors (Lipinski definition) is 0. The van der Waals surface area contributed by atoms with E-state index in [1.807, 2.05) is 0 Å². The van der Waals surface area contributed by atoms with Gasteiger partial charge in [0.15, 0.2) is 0 Å². The Kier molecular flexibility index (Phi) is 5.19. The molecule has 0 bridgehead atoms. The fraction of sp³-hybridized carbons (Fsp3) is 0.824. The molecule has 2 atom stereocenters. The maximum Gasteiger partial charge on any atom is 0.00420 e. The van der Waals surface area contributed by atoms with Crippen LogP contribution in [0.3, 0.4) is 0 Å². The highest BCUT2D eigenvalue weighted by Crippen LogP contribution is 2.74. The van der Waals surface area contributed by atoms with E-state index in [2.05, 4.69) is 26.6 Å². The van der Waals surface area contributed by atoms with E-state index in [0.29, 0.717) is 0 Å². The summed E-state index contributed by atoms with van der Waals surface area (Å²) in [6.07, 6.45) is 14.9. The molecule has 2 heterocycles. The summed E-state index contributed by atoms with van der Waals surface area (Å²) in [7, 11) is 0. The minimum Gasteiger partial charge on any atom is -0.0964 e. The standard InChI is InChI=1S/C17H31P/c1-4-5-6-7-8-9-10-11-12-18-13-15(2)16(3)17(18)14-18/h13,17H,4-12,14H2,1-3H3. The maximum atomic E-state index is 2.70. The number of fused-ring (bicyclic) bond motifs is 1. The molecule has 0 saturated carbocycles. The van der Waals surface area contributed by atoms with Gasteiger partial charge in [-0.3, -0.25) is 0 Å². The molecule has 18 heavy (non-hydrogen) atoms. The molecule has 2 aliphatic heterocycles. The SMILES string of the molecule is CCCCCCCCCCP12=CC(C)=C(C)C1C2. The number of allylic oxidation sites excluding steroid dienone is 2. The Balaban J connectivity index is 1.52. The summed E-state index contributed by atoms with van der Waals surface area (Å²) < 4.78 is 0. The molecule has 2 unspecified atom stereocenters. The van der Waals surface area contributed by atoms with Gasteiger partial charge in [-0.25, -0.2) is 0 Å². The Morgan fingerprint density at radius 2 is 1.61 bits per heavy atom. The Bertz CT molecular complexity index is 362. The second kappa shape index (κ2) is 6.47. The third-order valence-electron chi connectivity index (χ3n) is 5.00. The monoisotopic (exact) mass is 266 g/mol. The quantitative estimate of drug-likeness (QED) is 0.372. The van der Waals surface area contributed by atoms with Crippen LogP contribution in [0.4, 0.5) is 0 Å². The molecule has 2 aliphatic rings. The van der Waals surface area contributed by atoms with Crippen molar-refractivity contribution in [1.29, 1.82) is 0 Å². The van der Waals surface area contributed by atoms with Crippen molar-refractivity contribution < 1.29 is 0 Å². The fourth-order valence-corrected chi connectivity index (χ4v) is 8.67. The maximum absolute atomic E-state index is 2.70. The summed E-state index contributed by atoms with van der Waals surface area (Å²) in [6.45, 7) is 6.47. The molecule has 1 fully saturated rings. The molecule has 104 valence electrons. The van der Waals surface area contributed by atoms with Crippen LogP contribution in [-0.2, 0) is 0 Å². The first-order valence-electron chi connectivity index (χ1n) is 8.09. The van der Waals surface area contributed by atoms with Crippen molar-refractivity contribution in [2.24, 2.45) is 0 Å². The van der Waals surface area contributed by atoms with Gasteiger partial charge >= 0.3 is 0 Å². The number of rotatable bonds is 9. The molecule has 2 rings (SSSR count). The average molecular weight is 266 g/mol. The molecule has 0 aromatic carbocycles. The van der Waals surface area contributed by atoms with E-state index in [4.69, 9.17) is 0 Å². The molecular formula is C17H31P. The van der Waals surface area contributed by atoms with Crippen LogP contribution < -0.4 is 0 Å². The zero-order valence-corrected chi connectivity index (χ0v) is 13.6. The van der Waals surface area contributed by atoms with E-state index < -0.39 is 6.89 Å². The lowest BCUT2D eigenvalue weighted by atomic mass is 10.1. The van der Waals surface area contributed by atoms with Gasteiger partial charge in [0.2, 0.25) is 0 Å². The molecule has 0 aromatic heterocycles.